The van der Waals surface area contributed by atoms with Gasteiger partial charge in [0.05, 0.1) is 13.7 Å². The molecule has 0 bridgehead atoms. The number of hydrogen-bond acceptors (Lipinski definition) is 3. The molecule has 5 heteroatoms. The maximum absolute atomic E-state index is 11.7. The molecule has 1 aromatic rings. The molecule has 1 saturated carbocycles. The van der Waals surface area contributed by atoms with Crippen molar-refractivity contribution < 1.29 is 14.3 Å². The number of carbonyl (C=O) groups excluding carboxylic acids is 1. The summed E-state index contributed by atoms with van der Waals surface area (Å²) in [6.07, 6.45) is 6.40. The van der Waals surface area contributed by atoms with Crippen molar-refractivity contribution in [1.29, 1.82) is 0 Å². The molecule has 0 unspecified atom stereocenters. The second-order valence-corrected chi connectivity index (χ2v) is 5.66. The molecule has 0 spiro atoms. The summed E-state index contributed by atoms with van der Waals surface area (Å²) in [4.78, 5) is 11.7. The second-order valence-electron chi connectivity index (χ2n) is 5.66. The van der Waals surface area contributed by atoms with Gasteiger partial charge in [-0.3, -0.25) is 0 Å². The largest absolute Gasteiger partial charge is 0.497 e. The van der Waals surface area contributed by atoms with Crippen molar-refractivity contribution in [3.05, 3.63) is 24.3 Å². The predicted molar refractivity (Wildman–Crippen MR) is 86.5 cm³/mol. The van der Waals surface area contributed by atoms with E-state index in [-0.39, 0.29) is 6.03 Å². The molecule has 2 N–H and O–H groups in total. The molecule has 2 rings (SSSR count). The van der Waals surface area contributed by atoms with Gasteiger partial charge in [-0.05, 0) is 43.0 Å². The van der Waals surface area contributed by atoms with Crippen LogP contribution in [0.4, 0.5) is 4.79 Å². The number of nitrogens with one attached hydrogen (secondary N) is 2. The van der Waals surface area contributed by atoms with E-state index < -0.39 is 0 Å². The lowest BCUT2D eigenvalue weighted by Gasteiger charge is -2.21. The van der Waals surface area contributed by atoms with Crippen molar-refractivity contribution in [2.45, 2.75) is 32.1 Å². The average molecular weight is 306 g/mol. The number of methoxy groups -OCH3 is 1. The Kier molecular flexibility index (Phi) is 6.87. The Bertz CT molecular complexity index is 442. The van der Waals surface area contributed by atoms with Crippen LogP contribution in [-0.2, 0) is 0 Å². The van der Waals surface area contributed by atoms with Crippen LogP contribution in [-0.4, -0.2) is 32.8 Å². The molecule has 0 heterocycles. The molecule has 1 fully saturated rings. The highest BCUT2D eigenvalue weighted by atomic mass is 16.5. The molecule has 0 atom stereocenters. The fourth-order valence-corrected chi connectivity index (χ4v) is 2.70. The summed E-state index contributed by atoms with van der Waals surface area (Å²) in [5.74, 6) is 2.22. The fraction of sp³-hybridized carbons (Fsp3) is 0.588. The van der Waals surface area contributed by atoms with Crippen molar-refractivity contribution in [1.82, 2.24) is 10.6 Å². The molecule has 0 radical (unpaired) electrons. The summed E-state index contributed by atoms with van der Waals surface area (Å²) in [6.45, 7) is 1.72. The summed E-state index contributed by atoms with van der Waals surface area (Å²) in [7, 11) is 1.63. The summed E-state index contributed by atoms with van der Waals surface area (Å²) in [5, 5.41) is 5.76. The van der Waals surface area contributed by atoms with Gasteiger partial charge in [-0.2, -0.15) is 0 Å². The molecule has 1 aliphatic rings. The Hall–Kier alpha value is -1.91. The minimum atomic E-state index is -0.107. The van der Waals surface area contributed by atoms with E-state index in [1.807, 2.05) is 24.3 Å². The van der Waals surface area contributed by atoms with Gasteiger partial charge in [0.25, 0.3) is 0 Å². The second kappa shape index (κ2) is 9.18. The summed E-state index contributed by atoms with van der Waals surface area (Å²) < 4.78 is 10.6. The quantitative estimate of drug-likeness (QED) is 0.761. The van der Waals surface area contributed by atoms with E-state index in [2.05, 4.69) is 10.6 Å². The molecule has 5 nitrogen and oxygen atoms in total. The van der Waals surface area contributed by atoms with Gasteiger partial charge in [0, 0.05) is 6.54 Å². The van der Waals surface area contributed by atoms with Crippen LogP contribution < -0.4 is 20.1 Å². The van der Waals surface area contributed by atoms with Crippen molar-refractivity contribution >= 4 is 6.03 Å². The van der Waals surface area contributed by atoms with Crippen LogP contribution in [0.5, 0.6) is 11.5 Å². The number of urea groups is 1. The zero-order chi connectivity index (χ0) is 15.6. The van der Waals surface area contributed by atoms with Gasteiger partial charge >= 0.3 is 6.03 Å². The molecule has 2 amide bonds. The standard InChI is InChI=1S/C17H26N2O3/c1-21-15-7-9-16(10-8-15)22-12-11-18-17(20)19-13-14-5-3-2-4-6-14/h7-10,14H,2-6,11-13H2,1H3,(H2,18,19,20). The van der Waals surface area contributed by atoms with Gasteiger partial charge in [0.15, 0.2) is 0 Å². The minimum absolute atomic E-state index is 0.107. The van der Waals surface area contributed by atoms with Crippen LogP contribution in [0.25, 0.3) is 0 Å². The van der Waals surface area contributed by atoms with Crippen molar-refractivity contribution in [3.63, 3.8) is 0 Å². The van der Waals surface area contributed by atoms with E-state index >= 15 is 0 Å². The highest BCUT2D eigenvalue weighted by molar-refractivity contribution is 5.73. The zero-order valence-electron chi connectivity index (χ0n) is 13.3. The third kappa shape index (κ3) is 5.84. The molecule has 0 aromatic heterocycles. The maximum atomic E-state index is 11.7. The van der Waals surface area contributed by atoms with Crippen molar-refractivity contribution in [2.24, 2.45) is 5.92 Å². The SMILES string of the molecule is COc1ccc(OCCNC(=O)NCC2CCCCC2)cc1. The third-order valence-electron chi connectivity index (χ3n) is 3.99. The Balaban J connectivity index is 1.54. The Labute approximate surface area is 132 Å². The summed E-state index contributed by atoms with van der Waals surface area (Å²) in [6, 6.07) is 7.28. The first-order valence-electron chi connectivity index (χ1n) is 8.06. The van der Waals surface area contributed by atoms with Crippen LogP contribution in [0.1, 0.15) is 32.1 Å². The molecule has 0 aliphatic heterocycles. The Morgan fingerprint density at radius 2 is 1.77 bits per heavy atom. The number of carbonyl (C=O) groups is 1. The topological polar surface area (TPSA) is 59.6 Å². The Morgan fingerprint density at radius 3 is 2.45 bits per heavy atom. The molecule has 1 aliphatic carbocycles. The fourth-order valence-electron chi connectivity index (χ4n) is 2.70. The highest BCUT2D eigenvalue weighted by Gasteiger charge is 2.13. The van der Waals surface area contributed by atoms with E-state index in [0.717, 1.165) is 18.0 Å². The van der Waals surface area contributed by atoms with E-state index in [9.17, 15) is 4.79 Å². The zero-order valence-corrected chi connectivity index (χ0v) is 13.3. The molecule has 122 valence electrons. The van der Waals surface area contributed by atoms with Crippen LogP contribution >= 0.6 is 0 Å². The molecule has 0 saturated heterocycles. The van der Waals surface area contributed by atoms with Gasteiger partial charge in [-0.15, -0.1) is 0 Å². The van der Waals surface area contributed by atoms with E-state index in [0.29, 0.717) is 19.1 Å². The number of amides is 2. The van der Waals surface area contributed by atoms with Gasteiger partial charge in [0.1, 0.15) is 18.1 Å². The minimum Gasteiger partial charge on any atom is -0.497 e. The lowest BCUT2D eigenvalue weighted by atomic mass is 9.89. The smallest absolute Gasteiger partial charge is 0.314 e. The lowest BCUT2D eigenvalue weighted by Crippen LogP contribution is -2.40. The summed E-state index contributed by atoms with van der Waals surface area (Å²) in [5.41, 5.74) is 0. The number of hydrogen-bond donors (Lipinski definition) is 2. The summed E-state index contributed by atoms with van der Waals surface area (Å²) >= 11 is 0. The molecule has 1 aromatic carbocycles. The normalized spacial score (nSPS) is 15.1. The van der Waals surface area contributed by atoms with Crippen LogP contribution in [0.3, 0.4) is 0 Å². The highest BCUT2D eigenvalue weighted by Crippen LogP contribution is 2.22. The van der Waals surface area contributed by atoms with E-state index in [4.69, 9.17) is 9.47 Å². The predicted octanol–water partition coefficient (Wildman–Crippen LogP) is 2.95. The van der Waals surface area contributed by atoms with Crippen LogP contribution in [0.2, 0.25) is 0 Å². The first-order valence-corrected chi connectivity index (χ1v) is 8.06. The number of benzene rings is 1. The monoisotopic (exact) mass is 306 g/mol. The van der Waals surface area contributed by atoms with Crippen molar-refractivity contribution in [3.8, 4) is 11.5 Å². The molecular formula is C17H26N2O3. The van der Waals surface area contributed by atoms with Gasteiger partial charge in [-0.1, -0.05) is 19.3 Å². The molecule has 22 heavy (non-hydrogen) atoms. The van der Waals surface area contributed by atoms with Gasteiger partial charge < -0.3 is 20.1 Å². The van der Waals surface area contributed by atoms with Crippen LogP contribution in [0.15, 0.2) is 24.3 Å². The van der Waals surface area contributed by atoms with E-state index in [1.165, 1.54) is 32.1 Å². The number of rotatable bonds is 7. The van der Waals surface area contributed by atoms with Crippen LogP contribution in [0, 0.1) is 5.92 Å². The lowest BCUT2D eigenvalue weighted by molar-refractivity contribution is 0.232. The first-order chi connectivity index (χ1) is 10.8. The molecular weight excluding hydrogens is 280 g/mol. The average Bonchev–Trinajstić information content (AvgIpc) is 2.58. The van der Waals surface area contributed by atoms with Gasteiger partial charge in [-0.25, -0.2) is 4.79 Å². The Morgan fingerprint density at radius 1 is 1.09 bits per heavy atom. The van der Waals surface area contributed by atoms with E-state index in [1.54, 1.807) is 7.11 Å². The first kappa shape index (κ1) is 16.5. The van der Waals surface area contributed by atoms with Crippen molar-refractivity contribution in [2.75, 3.05) is 26.8 Å². The third-order valence-corrected chi connectivity index (χ3v) is 3.99. The maximum Gasteiger partial charge on any atom is 0.314 e. The van der Waals surface area contributed by atoms with Gasteiger partial charge in [0.2, 0.25) is 0 Å². The number of ether oxygens (including phenoxy) is 2.